The van der Waals surface area contributed by atoms with Crippen LogP contribution in [0.2, 0.25) is 0 Å². The Balaban J connectivity index is 1.97. The molecule has 0 aromatic carbocycles. The Kier molecular flexibility index (Phi) is 2.65. The summed E-state index contributed by atoms with van der Waals surface area (Å²) in [7, 11) is 0. The number of oxazole rings is 1. The molecule has 0 atom stereocenters. The van der Waals surface area contributed by atoms with Crippen molar-refractivity contribution >= 4 is 27.2 Å². The molecule has 0 N–H and O–H groups in total. The lowest BCUT2D eigenvalue weighted by Gasteiger charge is -2.17. The van der Waals surface area contributed by atoms with E-state index in [1.165, 1.54) is 5.92 Å². The van der Waals surface area contributed by atoms with Gasteiger partial charge in [-0.05, 0) is 40.9 Å². The second-order valence-electron chi connectivity index (χ2n) is 3.69. The molecular weight excluding hydrogens is 272 g/mol. The maximum atomic E-state index is 5.68. The third-order valence-corrected chi connectivity index (χ3v) is 3.06. The number of hydrogen-bond donors (Lipinski definition) is 0. The first kappa shape index (κ1) is 10.2. The van der Waals surface area contributed by atoms with Crippen molar-refractivity contribution < 1.29 is 9.15 Å². The summed E-state index contributed by atoms with van der Waals surface area (Å²) < 4.78 is 11.8. The Labute approximate surface area is 101 Å². The van der Waals surface area contributed by atoms with Crippen molar-refractivity contribution in [2.75, 3.05) is 13.2 Å². The molecule has 3 heterocycles. The van der Waals surface area contributed by atoms with Crippen LogP contribution >= 0.6 is 15.9 Å². The molecule has 0 spiro atoms. The Bertz CT molecular complexity index is 506. The molecule has 0 saturated carbocycles. The molecule has 0 unspecified atom stereocenters. The minimum atomic E-state index is 0.656. The SMILES string of the molecule is Brc1ccc2oc([C]3CCOCC3)nc2n1. The molecule has 3 rings (SSSR count). The van der Waals surface area contributed by atoms with Crippen LogP contribution in [-0.4, -0.2) is 23.2 Å². The Hall–Kier alpha value is -0.940. The lowest BCUT2D eigenvalue weighted by Crippen LogP contribution is -2.14. The highest BCUT2D eigenvalue weighted by atomic mass is 79.9. The van der Waals surface area contributed by atoms with Gasteiger partial charge >= 0.3 is 0 Å². The monoisotopic (exact) mass is 281 g/mol. The van der Waals surface area contributed by atoms with Gasteiger partial charge in [0.2, 0.25) is 5.89 Å². The van der Waals surface area contributed by atoms with E-state index in [0.717, 1.165) is 36.2 Å². The zero-order chi connectivity index (χ0) is 11.0. The number of ether oxygens (including phenoxy) is 1. The minimum Gasteiger partial charge on any atom is -0.438 e. The normalized spacial score (nSPS) is 18.1. The molecule has 1 radical (unpaired) electrons. The first-order chi connectivity index (χ1) is 7.83. The molecule has 1 aliphatic rings. The zero-order valence-electron chi connectivity index (χ0n) is 8.57. The summed E-state index contributed by atoms with van der Waals surface area (Å²) in [6.45, 7) is 1.51. The fraction of sp³-hybridized carbons (Fsp3) is 0.364. The van der Waals surface area contributed by atoms with Gasteiger partial charge in [0, 0.05) is 13.2 Å². The molecule has 0 amide bonds. The highest BCUT2D eigenvalue weighted by Crippen LogP contribution is 2.27. The third-order valence-electron chi connectivity index (χ3n) is 2.62. The van der Waals surface area contributed by atoms with Crippen LogP contribution in [0.1, 0.15) is 18.7 Å². The van der Waals surface area contributed by atoms with E-state index in [-0.39, 0.29) is 0 Å². The van der Waals surface area contributed by atoms with E-state index in [4.69, 9.17) is 9.15 Å². The van der Waals surface area contributed by atoms with Gasteiger partial charge in [-0.15, -0.1) is 0 Å². The lowest BCUT2D eigenvalue weighted by atomic mass is 10.0. The van der Waals surface area contributed by atoms with E-state index in [2.05, 4.69) is 25.9 Å². The van der Waals surface area contributed by atoms with Crippen molar-refractivity contribution in [3.05, 3.63) is 28.5 Å². The molecule has 2 aromatic heterocycles. The first-order valence-corrected chi connectivity index (χ1v) is 5.98. The number of fused-ring (bicyclic) bond motifs is 1. The van der Waals surface area contributed by atoms with E-state index < -0.39 is 0 Å². The topological polar surface area (TPSA) is 48.2 Å². The molecule has 1 aliphatic heterocycles. The summed E-state index contributed by atoms with van der Waals surface area (Å²) in [4.78, 5) is 8.66. The second kappa shape index (κ2) is 4.14. The number of rotatable bonds is 1. The van der Waals surface area contributed by atoms with Crippen LogP contribution in [0, 0.1) is 5.92 Å². The van der Waals surface area contributed by atoms with Gasteiger partial charge in [0.15, 0.2) is 11.2 Å². The van der Waals surface area contributed by atoms with E-state index in [0.29, 0.717) is 11.5 Å². The van der Waals surface area contributed by atoms with Gasteiger partial charge in [0.25, 0.3) is 0 Å². The van der Waals surface area contributed by atoms with Crippen LogP contribution in [0.25, 0.3) is 11.2 Å². The van der Waals surface area contributed by atoms with Crippen LogP contribution in [0.4, 0.5) is 0 Å². The average Bonchev–Trinajstić information content (AvgIpc) is 2.73. The Morgan fingerprint density at radius 3 is 2.75 bits per heavy atom. The van der Waals surface area contributed by atoms with Gasteiger partial charge < -0.3 is 9.15 Å². The summed E-state index contributed by atoms with van der Waals surface area (Å²) in [5.74, 6) is 1.93. The molecule has 1 fully saturated rings. The van der Waals surface area contributed by atoms with Gasteiger partial charge in [-0.25, -0.2) is 4.98 Å². The van der Waals surface area contributed by atoms with E-state index in [1.54, 1.807) is 0 Å². The lowest BCUT2D eigenvalue weighted by molar-refractivity contribution is 0.107. The molecule has 0 bridgehead atoms. The fourth-order valence-corrected chi connectivity index (χ4v) is 2.08. The molecule has 1 saturated heterocycles. The highest BCUT2D eigenvalue weighted by Gasteiger charge is 2.22. The quantitative estimate of drug-likeness (QED) is 0.754. The summed E-state index contributed by atoms with van der Waals surface area (Å²) in [5, 5.41) is 0. The largest absolute Gasteiger partial charge is 0.438 e. The predicted molar refractivity (Wildman–Crippen MR) is 61.9 cm³/mol. The summed E-state index contributed by atoms with van der Waals surface area (Å²) in [6.07, 6.45) is 1.79. The molecule has 83 valence electrons. The third kappa shape index (κ3) is 1.85. The first-order valence-electron chi connectivity index (χ1n) is 5.19. The van der Waals surface area contributed by atoms with Crippen LogP contribution in [-0.2, 0) is 4.74 Å². The average molecular weight is 282 g/mol. The van der Waals surface area contributed by atoms with Crippen molar-refractivity contribution in [1.82, 2.24) is 9.97 Å². The number of hydrogen-bond acceptors (Lipinski definition) is 4. The number of pyridine rings is 1. The van der Waals surface area contributed by atoms with Crippen LogP contribution in [0.5, 0.6) is 0 Å². The number of aromatic nitrogens is 2. The molecule has 2 aromatic rings. The molecule has 0 aliphatic carbocycles. The maximum absolute atomic E-state index is 5.68. The number of halogens is 1. The summed E-state index contributed by atoms with van der Waals surface area (Å²) in [5.41, 5.74) is 1.39. The number of nitrogens with zero attached hydrogens (tertiary/aromatic N) is 2. The standard InChI is InChI=1S/C11H10BrN2O2/c12-9-2-1-8-10(13-9)14-11(16-8)7-3-5-15-6-4-7/h1-2H,3-6H2. The van der Waals surface area contributed by atoms with E-state index in [1.807, 2.05) is 12.1 Å². The van der Waals surface area contributed by atoms with Gasteiger partial charge in [-0.2, -0.15) is 4.98 Å². The van der Waals surface area contributed by atoms with Gasteiger partial charge in [-0.3, -0.25) is 0 Å². The molecule has 16 heavy (non-hydrogen) atoms. The Morgan fingerprint density at radius 1 is 1.12 bits per heavy atom. The summed E-state index contributed by atoms with van der Waals surface area (Å²) in [6, 6.07) is 3.73. The fourth-order valence-electron chi connectivity index (χ4n) is 1.78. The van der Waals surface area contributed by atoms with E-state index in [9.17, 15) is 0 Å². The van der Waals surface area contributed by atoms with Crippen molar-refractivity contribution in [1.29, 1.82) is 0 Å². The van der Waals surface area contributed by atoms with E-state index >= 15 is 0 Å². The Morgan fingerprint density at radius 2 is 1.94 bits per heavy atom. The van der Waals surface area contributed by atoms with Crippen LogP contribution in [0.3, 0.4) is 0 Å². The van der Waals surface area contributed by atoms with Crippen molar-refractivity contribution in [3.8, 4) is 0 Å². The van der Waals surface area contributed by atoms with Gasteiger partial charge in [0.1, 0.15) is 4.60 Å². The van der Waals surface area contributed by atoms with Crippen LogP contribution < -0.4 is 0 Å². The van der Waals surface area contributed by atoms with Crippen LogP contribution in [0.15, 0.2) is 21.2 Å². The van der Waals surface area contributed by atoms with Crippen molar-refractivity contribution in [2.24, 2.45) is 0 Å². The van der Waals surface area contributed by atoms with Crippen molar-refractivity contribution in [3.63, 3.8) is 0 Å². The van der Waals surface area contributed by atoms with Gasteiger partial charge in [-0.1, -0.05) is 0 Å². The smallest absolute Gasteiger partial charge is 0.204 e. The maximum Gasteiger partial charge on any atom is 0.204 e. The highest BCUT2D eigenvalue weighted by molar-refractivity contribution is 9.10. The van der Waals surface area contributed by atoms with Crippen molar-refractivity contribution in [2.45, 2.75) is 12.8 Å². The minimum absolute atomic E-state index is 0.656. The molecule has 4 nitrogen and oxygen atoms in total. The van der Waals surface area contributed by atoms with Gasteiger partial charge in [0.05, 0.1) is 5.92 Å². The zero-order valence-corrected chi connectivity index (χ0v) is 10.2. The summed E-state index contributed by atoms with van der Waals surface area (Å²) >= 11 is 3.32. The predicted octanol–water partition coefficient (Wildman–Crippen LogP) is 2.72. The molecule has 5 heteroatoms. The molecular formula is C11H10BrN2O2. The second-order valence-corrected chi connectivity index (χ2v) is 4.50.